The molecule has 28 heavy (non-hydrogen) atoms. The Hall–Kier alpha value is -2.73. The average Bonchev–Trinajstić information content (AvgIpc) is 2.72. The lowest BCUT2D eigenvalue weighted by Gasteiger charge is -2.51. The molecule has 3 amide bonds. The fourth-order valence-electron chi connectivity index (χ4n) is 4.00. The van der Waals surface area contributed by atoms with E-state index in [1.165, 1.54) is 0 Å². The Bertz CT molecular complexity index is 895. The predicted molar refractivity (Wildman–Crippen MR) is 110 cm³/mol. The molecular weight excluding hydrogens is 376 g/mol. The van der Waals surface area contributed by atoms with Gasteiger partial charge in [-0.05, 0) is 23.8 Å². The molecule has 1 saturated heterocycles. The zero-order chi connectivity index (χ0) is 19.7. The molecule has 2 aromatic carbocycles. The van der Waals surface area contributed by atoms with E-state index >= 15 is 0 Å². The molecular formula is C21H23ClN4O2. The molecule has 2 heterocycles. The number of nitrogens with one attached hydrogen (secondary N) is 2. The molecule has 6 nitrogen and oxygen atoms in total. The number of urea groups is 1. The normalized spacial score (nSPS) is 17.9. The molecule has 0 bridgehead atoms. The largest absolute Gasteiger partial charge is 0.351 e. The molecule has 0 saturated carbocycles. The van der Waals surface area contributed by atoms with Crippen molar-refractivity contribution in [3.05, 3.63) is 64.7 Å². The first kappa shape index (κ1) is 18.6. The van der Waals surface area contributed by atoms with Gasteiger partial charge >= 0.3 is 6.03 Å². The summed E-state index contributed by atoms with van der Waals surface area (Å²) < 4.78 is 0. The number of amides is 3. The number of hydrogen-bond acceptors (Lipinski definition) is 3. The highest BCUT2D eigenvalue weighted by Gasteiger charge is 2.44. The molecule has 146 valence electrons. The first-order valence-electron chi connectivity index (χ1n) is 9.41. The van der Waals surface area contributed by atoms with Crippen molar-refractivity contribution >= 4 is 29.2 Å². The van der Waals surface area contributed by atoms with Gasteiger partial charge in [0.2, 0.25) is 0 Å². The molecule has 2 aliphatic heterocycles. The number of nitrogens with zero attached hydrogens (tertiary/aromatic N) is 2. The molecule has 0 radical (unpaired) electrons. The number of rotatable bonds is 2. The third kappa shape index (κ3) is 3.40. The summed E-state index contributed by atoms with van der Waals surface area (Å²) in [6.45, 7) is 1.66. The average molecular weight is 399 g/mol. The van der Waals surface area contributed by atoms with Crippen molar-refractivity contribution in [1.29, 1.82) is 0 Å². The highest BCUT2D eigenvalue weighted by Crippen LogP contribution is 2.37. The number of halogens is 1. The van der Waals surface area contributed by atoms with Crippen molar-refractivity contribution in [3.8, 4) is 0 Å². The maximum absolute atomic E-state index is 12.6. The topological polar surface area (TPSA) is 64.7 Å². The summed E-state index contributed by atoms with van der Waals surface area (Å²) >= 11 is 6.05. The van der Waals surface area contributed by atoms with Crippen molar-refractivity contribution in [3.63, 3.8) is 0 Å². The van der Waals surface area contributed by atoms with Gasteiger partial charge in [0.25, 0.3) is 5.91 Å². The van der Waals surface area contributed by atoms with Crippen molar-refractivity contribution < 1.29 is 9.59 Å². The summed E-state index contributed by atoms with van der Waals surface area (Å²) in [7, 11) is 1.98. The molecule has 2 N–H and O–H groups in total. The molecule has 0 atom stereocenters. The summed E-state index contributed by atoms with van der Waals surface area (Å²) in [6.07, 6.45) is 1.33. The molecule has 7 heteroatoms. The zero-order valence-electron chi connectivity index (χ0n) is 15.7. The van der Waals surface area contributed by atoms with Crippen LogP contribution in [0.3, 0.4) is 0 Å². The van der Waals surface area contributed by atoms with E-state index in [2.05, 4.69) is 15.5 Å². The van der Waals surface area contributed by atoms with Crippen LogP contribution in [0.1, 0.15) is 28.8 Å². The van der Waals surface area contributed by atoms with Crippen LogP contribution >= 0.6 is 11.6 Å². The molecule has 1 spiro atoms. The minimum atomic E-state index is -0.478. The van der Waals surface area contributed by atoms with Gasteiger partial charge in [0, 0.05) is 44.5 Å². The summed E-state index contributed by atoms with van der Waals surface area (Å²) in [4.78, 5) is 29.1. The van der Waals surface area contributed by atoms with Crippen molar-refractivity contribution in [2.75, 3.05) is 25.0 Å². The van der Waals surface area contributed by atoms with Crippen LogP contribution in [0.15, 0.2) is 48.5 Å². The second-order valence-electron chi connectivity index (χ2n) is 7.34. The van der Waals surface area contributed by atoms with Gasteiger partial charge in [0.1, 0.15) is 5.66 Å². The molecule has 0 unspecified atom stereocenters. The van der Waals surface area contributed by atoms with E-state index < -0.39 is 5.66 Å². The molecule has 4 rings (SSSR count). The standard InChI is InChI=1S/C21H23ClN4O2/c1-25-18-8-7-16(22)13-17(18)19(27)24-21(25)9-11-26(12-10-21)20(28)23-14-15-5-3-2-4-6-15/h2-8,13H,9-12,14H2,1H3,(H,23,28)(H,24,27). The van der Waals surface area contributed by atoms with Gasteiger partial charge in [-0.2, -0.15) is 0 Å². The van der Waals surface area contributed by atoms with E-state index in [4.69, 9.17) is 11.6 Å². The summed E-state index contributed by atoms with van der Waals surface area (Å²) in [5, 5.41) is 6.67. The van der Waals surface area contributed by atoms with E-state index in [0.29, 0.717) is 43.1 Å². The number of carbonyl (C=O) groups excluding carboxylic acids is 2. The first-order chi connectivity index (χ1) is 13.5. The number of likely N-dealkylation sites (tertiary alicyclic amines) is 1. The Morgan fingerprint density at radius 1 is 1.18 bits per heavy atom. The van der Waals surface area contributed by atoms with Crippen molar-refractivity contribution in [1.82, 2.24) is 15.5 Å². The van der Waals surface area contributed by atoms with E-state index in [0.717, 1.165) is 11.3 Å². The maximum Gasteiger partial charge on any atom is 0.317 e. The number of fused-ring (bicyclic) bond motifs is 1. The number of benzene rings is 2. The lowest BCUT2D eigenvalue weighted by Crippen LogP contribution is -2.67. The Balaban J connectivity index is 1.41. The Morgan fingerprint density at radius 2 is 1.89 bits per heavy atom. The van der Waals surface area contributed by atoms with Gasteiger partial charge in [-0.15, -0.1) is 0 Å². The Kier molecular flexibility index (Phi) is 4.89. The van der Waals surface area contributed by atoms with E-state index in [-0.39, 0.29) is 11.9 Å². The second-order valence-corrected chi connectivity index (χ2v) is 7.77. The monoisotopic (exact) mass is 398 g/mol. The number of carbonyl (C=O) groups is 2. The fraction of sp³-hybridized carbons (Fsp3) is 0.333. The number of hydrogen-bond donors (Lipinski definition) is 2. The molecule has 0 aliphatic carbocycles. The van der Waals surface area contributed by atoms with Crippen LogP contribution in [0, 0.1) is 0 Å². The SMILES string of the molecule is CN1c2ccc(Cl)cc2C(=O)NC12CCN(C(=O)NCc1ccccc1)CC2. The zero-order valence-corrected chi connectivity index (χ0v) is 16.5. The lowest BCUT2D eigenvalue weighted by atomic mass is 9.90. The van der Waals surface area contributed by atoms with Crippen molar-refractivity contribution in [2.45, 2.75) is 25.0 Å². The lowest BCUT2D eigenvalue weighted by molar-refractivity contribution is 0.0810. The van der Waals surface area contributed by atoms with Crippen molar-refractivity contribution in [2.24, 2.45) is 0 Å². The van der Waals surface area contributed by atoms with Gasteiger partial charge in [0.05, 0.1) is 11.3 Å². The van der Waals surface area contributed by atoms with Gasteiger partial charge < -0.3 is 20.4 Å². The third-order valence-electron chi connectivity index (χ3n) is 5.72. The van der Waals surface area contributed by atoms with Crippen LogP contribution in [0.2, 0.25) is 5.02 Å². The Morgan fingerprint density at radius 3 is 2.61 bits per heavy atom. The quantitative estimate of drug-likeness (QED) is 0.816. The summed E-state index contributed by atoms with van der Waals surface area (Å²) in [5.74, 6) is -0.113. The fourth-order valence-corrected chi connectivity index (χ4v) is 4.17. The smallest absolute Gasteiger partial charge is 0.317 e. The molecule has 1 fully saturated rings. The summed E-state index contributed by atoms with van der Waals surface area (Å²) in [5.41, 5.74) is 2.05. The minimum Gasteiger partial charge on any atom is -0.351 e. The van der Waals surface area contributed by atoms with Gasteiger partial charge in [-0.25, -0.2) is 4.79 Å². The van der Waals surface area contributed by atoms with E-state index in [1.807, 2.05) is 48.3 Å². The maximum atomic E-state index is 12.6. The van der Waals surface area contributed by atoms with Gasteiger partial charge in [0.15, 0.2) is 0 Å². The van der Waals surface area contributed by atoms with Crippen LogP contribution in [-0.4, -0.2) is 42.6 Å². The number of piperidine rings is 1. The first-order valence-corrected chi connectivity index (χ1v) is 9.79. The van der Waals surface area contributed by atoms with Crippen LogP contribution in [0.5, 0.6) is 0 Å². The van der Waals surface area contributed by atoms with Crippen LogP contribution in [-0.2, 0) is 6.54 Å². The summed E-state index contributed by atoms with van der Waals surface area (Å²) in [6, 6.07) is 15.2. The second kappa shape index (κ2) is 7.36. The number of anilines is 1. The predicted octanol–water partition coefficient (Wildman–Crippen LogP) is 3.22. The molecule has 0 aromatic heterocycles. The van der Waals surface area contributed by atoms with Gasteiger partial charge in [-0.1, -0.05) is 41.9 Å². The van der Waals surface area contributed by atoms with Gasteiger partial charge in [-0.3, -0.25) is 4.79 Å². The third-order valence-corrected chi connectivity index (χ3v) is 5.95. The molecule has 2 aromatic rings. The van der Waals surface area contributed by atoms with E-state index in [1.54, 1.807) is 12.1 Å². The van der Waals surface area contributed by atoms with Crippen LogP contribution in [0.4, 0.5) is 10.5 Å². The van der Waals surface area contributed by atoms with Crippen LogP contribution < -0.4 is 15.5 Å². The highest BCUT2D eigenvalue weighted by atomic mass is 35.5. The van der Waals surface area contributed by atoms with E-state index in [9.17, 15) is 9.59 Å². The van der Waals surface area contributed by atoms with Crippen LogP contribution in [0.25, 0.3) is 0 Å². The molecule has 2 aliphatic rings. The Labute approximate surface area is 169 Å². The minimum absolute atomic E-state index is 0.0734. The highest BCUT2D eigenvalue weighted by molar-refractivity contribution is 6.31.